The third-order valence-electron chi connectivity index (χ3n) is 4.20. The van der Waals surface area contributed by atoms with Gasteiger partial charge < -0.3 is 10.1 Å². The van der Waals surface area contributed by atoms with Crippen molar-refractivity contribution >= 4 is 23.2 Å². The normalized spacial score (nSPS) is 17.1. The Morgan fingerprint density at radius 2 is 1.65 bits per heavy atom. The summed E-state index contributed by atoms with van der Waals surface area (Å²) in [5.74, 6) is -0.252. The van der Waals surface area contributed by atoms with E-state index in [1.807, 2.05) is 0 Å². The summed E-state index contributed by atoms with van der Waals surface area (Å²) in [4.78, 5) is 2.23. The van der Waals surface area contributed by atoms with E-state index < -0.39 is 6.36 Å². The molecule has 26 heavy (non-hydrogen) atoms. The summed E-state index contributed by atoms with van der Waals surface area (Å²) in [7, 11) is 0. The van der Waals surface area contributed by atoms with Gasteiger partial charge in [0, 0.05) is 36.2 Å². The first-order valence-corrected chi connectivity index (χ1v) is 8.84. The summed E-state index contributed by atoms with van der Waals surface area (Å²) in [6.45, 7) is 3.22. The highest BCUT2D eigenvalue weighted by Crippen LogP contribution is 2.36. The highest BCUT2D eigenvalue weighted by molar-refractivity contribution is 6.33. The fourth-order valence-corrected chi connectivity index (χ4v) is 3.50. The van der Waals surface area contributed by atoms with Crippen LogP contribution in [-0.2, 0) is 0 Å². The van der Waals surface area contributed by atoms with Crippen LogP contribution in [-0.4, -0.2) is 37.4 Å². The molecule has 3 rings (SSSR count). The molecule has 0 amide bonds. The molecular weight excluding hydrogens is 388 g/mol. The number of ether oxygens (including phenoxy) is 1. The Bertz CT molecular complexity index is 747. The molecule has 1 aliphatic heterocycles. The summed E-state index contributed by atoms with van der Waals surface area (Å²) in [5.41, 5.74) is 1.65. The number of piperazine rings is 1. The fraction of sp³-hybridized carbons (Fsp3) is 0.333. The predicted molar refractivity (Wildman–Crippen MR) is 95.9 cm³/mol. The molecule has 0 saturated carbocycles. The van der Waals surface area contributed by atoms with Crippen LogP contribution in [0.25, 0.3) is 0 Å². The van der Waals surface area contributed by atoms with Gasteiger partial charge in [-0.05, 0) is 41.5 Å². The zero-order chi connectivity index (χ0) is 18.7. The average Bonchev–Trinajstić information content (AvgIpc) is 2.59. The molecule has 3 nitrogen and oxygen atoms in total. The maximum Gasteiger partial charge on any atom is 0.573 e. The molecule has 140 valence electrons. The van der Waals surface area contributed by atoms with Crippen LogP contribution in [0.4, 0.5) is 13.2 Å². The largest absolute Gasteiger partial charge is 0.573 e. The van der Waals surface area contributed by atoms with Gasteiger partial charge in [-0.25, -0.2) is 0 Å². The van der Waals surface area contributed by atoms with Crippen molar-refractivity contribution in [2.24, 2.45) is 0 Å². The van der Waals surface area contributed by atoms with E-state index in [1.165, 1.54) is 12.1 Å². The maximum absolute atomic E-state index is 12.4. The van der Waals surface area contributed by atoms with Crippen LogP contribution in [0.1, 0.15) is 17.2 Å². The smallest absolute Gasteiger partial charge is 0.406 e. The quantitative estimate of drug-likeness (QED) is 0.785. The molecule has 2 aromatic rings. The molecule has 8 heteroatoms. The molecular formula is C18H17Cl2F3N2O. The molecule has 0 aliphatic carbocycles. The van der Waals surface area contributed by atoms with Gasteiger partial charge in [-0.15, -0.1) is 13.2 Å². The van der Waals surface area contributed by atoms with E-state index in [2.05, 4.69) is 15.0 Å². The standard InChI is InChI=1S/C18H17Cl2F3N2O/c19-13-3-6-16(20)15(11-13)17(25-9-7-24-8-10-25)12-1-4-14(5-2-12)26-18(21,22)23/h1-6,11,17,24H,7-10H2/t17-/m0/s1. The minimum atomic E-state index is -4.71. The SMILES string of the molecule is FC(F)(F)Oc1ccc([C@@H](c2cc(Cl)ccc2Cl)N2CCNCC2)cc1. The molecule has 0 radical (unpaired) electrons. The zero-order valence-electron chi connectivity index (χ0n) is 13.7. The first-order valence-electron chi connectivity index (χ1n) is 8.09. The molecule has 0 bridgehead atoms. The lowest BCUT2D eigenvalue weighted by atomic mass is 9.96. The lowest BCUT2D eigenvalue weighted by Crippen LogP contribution is -2.45. The minimum absolute atomic E-state index is 0.205. The van der Waals surface area contributed by atoms with Crippen molar-refractivity contribution in [1.29, 1.82) is 0 Å². The lowest BCUT2D eigenvalue weighted by molar-refractivity contribution is -0.274. The Kier molecular flexibility index (Phi) is 5.97. The second kappa shape index (κ2) is 8.05. The zero-order valence-corrected chi connectivity index (χ0v) is 15.2. The van der Waals surface area contributed by atoms with Crippen molar-refractivity contribution in [3.8, 4) is 5.75 Å². The first kappa shape index (κ1) is 19.3. The van der Waals surface area contributed by atoms with Crippen LogP contribution in [0.5, 0.6) is 5.75 Å². The topological polar surface area (TPSA) is 24.5 Å². The van der Waals surface area contributed by atoms with Gasteiger partial charge in [0.15, 0.2) is 0 Å². The summed E-state index contributed by atoms with van der Waals surface area (Å²) in [6, 6.07) is 10.9. The van der Waals surface area contributed by atoms with Crippen molar-refractivity contribution < 1.29 is 17.9 Å². The molecule has 0 spiro atoms. The van der Waals surface area contributed by atoms with Crippen LogP contribution >= 0.6 is 23.2 Å². The Labute approximate surface area is 159 Å². The van der Waals surface area contributed by atoms with E-state index >= 15 is 0 Å². The fourth-order valence-electron chi connectivity index (χ4n) is 3.10. The van der Waals surface area contributed by atoms with Crippen LogP contribution in [0.2, 0.25) is 10.0 Å². The van der Waals surface area contributed by atoms with Gasteiger partial charge in [0.2, 0.25) is 0 Å². The van der Waals surface area contributed by atoms with Crippen LogP contribution < -0.4 is 10.1 Å². The second-order valence-corrected chi connectivity index (χ2v) is 6.81. The van der Waals surface area contributed by atoms with Gasteiger partial charge in [-0.1, -0.05) is 35.3 Å². The Hall–Kier alpha value is -1.47. The van der Waals surface area contributed by atoms with Gasteiger partial charge in [0.1, 0.15) is 5.75 Å². The van der Waals surface area contributed by atoms with Gasteiger partial charge >= 0.3 is 6.36 Å². The predicted octanol–water partition coefficient (Wildman–Crippen LogP) is 4.89. The Balaban J connectivity index is 1.96. The van der Waals surface area contributed by atoms with Crippen LogP contribution in [0, 0.1) is 0 Å². The molecule has 1 fully saturated rings. The van der Waals surface area contributed by atoms with Gasteiger partial charge in [0.25, 0.3) is 0 Å². The Morgan fingerprint density at radius 1 is 1.00 bits per heavy atom. The monoisotopic (exact) mass is 404 g/mol. The molecule has 1 saturated heterocycles. The van der Waals surface area contributed by atoms with Crippen molar-refractivity contribution in [3.63, 3.8) is 0 Å². The highest BCUT2D eigenvalue weighted by atomic mass is 35.5. The Morgan fingerprint density at radius 3 is 2.27 bits per heavy atom. The molecule has 0 unspecified atom stereocenters. The number of nitrogens with zero attached hydrogens (tertiary/aromatic N) is 1. The van der Waals surface area contributed by atoms with Crippen molar-refractivity contribution in [2.45, 2.75) is 12.4 Å². The number of hydrogen-bond donors (Lipinski definition) is 1. The third-order valence-corrected chi connectivity index (χ3v) is 4.78. The summed E-state index contributed by atoms with van der Waals surface area (Å²) in [5, 5.41) is 4.41. The number of rotatable bonds is 4. The number of alkyl halides is 3. The third kappa shape index (κ3) is 4.82. The highest BCUT2D eigenvalue weighted by Gasteiger charge is 2.31. The van der Waals surface area contributed by atoms with Gasteiger partial charge in [-0.2, -0.15) is 0 Å². The number of nitrogens with one attached hydrogen (secondary N) is 1. The molecule has 1 heterocycles. The van der Waals surface area contributed by atoms with E-state index in [0.29, 0.717) is 10.0 Å². The number of hydrogen-bond acceptors (Lipinski definition) is 3. The van der Waals surface area contributed by atoms with Crippen LogP contribution in [0.3, 0.4) is 0 Å². The lowest BCUT2D eigenvalue weighted by Gasteiger charge is -2.36. The van der Waals surface area contributed by atoms with E-state index in [-0.39, 0.29) is 11.8 Å². The maximum atomic E-state index is 12.4. The molecule has 0 aromatic heterocycles. The molecule has 1 aliphatic rings. The van der Waals surface area contributed by atoms with E-state index in [9.17, 15) is 13.2 Å². The summed E-state index contributed by atoms with van der Waals surface area (Å²) in [6.07, 6.45) is -4.71. The minimum Gasteiger partial charge on any atom is -0.406 e. The molecule has 1 N–H and O–H groups in total. The average molecular weight is 405 g/mol. The van der Waals surface area contributed by atoms with Gasteiger partial charge in [-0.3, -0.25) is 4.90 Å². The molecule has 1 atom stereocenters. The number of halogens is 5. The van der Waals surface area contributed by atoms with Gasteiger partial charge in [0.05, 0.1) is 6.04 Å². The summed E-state index contributed by atoms with van der Waals surface area (Å²) >= 11 is 12.6. The van der Waals surface area contributed by atoms with Crippen molar-refractivity contribution in [1.82, 2.24) is 10.2 Å². The van der Waals surface area contributed by atoms with Crippen molar-refractivity contribution in [3.05, 3.63) is 63.6 Å². The van der Waals surface area contributed by atoms with E-state index in [4.69, 9.17) is 23.2 Å². The van der Waals surface area contributed by atoms with Crippen LogP contribution in [0.15, 0.2) is 42.5 Å². The first-order chi connectivity index (χ1) is 12.3. The van der Waals surface area contributed by atoms with Crippen molar-refractivity contribution in [2.75, 3.05) is 26.2 Å². The molecule has 2 aromatic carbocycles. The second-order valence-electron chi connectivity index (χ2n) is 5.97. The summed E-state index contributed by atoms with van der Waals surface area (Å²) < 4.78 is 41.1. The van der Waals surface area contributed by atoms with E-state index in [1.54, 1.807) is 30.3 Å². The van der Waals surface area contributed by atoms with E-state index in [0.717, 1.165) is 37.3 Å². The number of benzene rings is 2.